The molecule has 0 aromatic carbocycles. The summed E-state index contributed by atoms with van der Waals surface area (Å²) in [4.78, 5) is 36.9. The van der Waals surface area contributed by atoms with Crippen molar-refractivity contribution in [3.63, 3.8) is 0 Å². The van der Waals surface area contributed by atoms with E-state index in [1.165, 1.54) is 64.2 Å². The predicted molar refractivity (Wildman–Crippen MR) is 245 cm³/mol. The van der Waals surface area contributed by atoms with Gasteiger partial charge in [-0.1, -0.05) is 151 Å². The van der Waals surface area contributed by atoms with Gasteiger partial charge in [-0.3, -0.25) is 9.59 Å². The number of rotatable bonds is 41. The molecule has 0 aliphatic heterocycles. The van der Waals surface area contributed by atoms with E-state index in [1.54, 1.807) is 21.1 Å². The Morgan fingerprint density at radius 2 is 0.949 bits per heavy atom. The van der Waals surface area contributed by atoms with Gasteiger partial charge in [0, 0.05) is 19.3 Å². The summed E-state index contributed by atoms with van der Waals surface area (Å²) >= 11 is 0. The molecule has 0 N–H and O–H groups in total. The molecular formula is C51H87NO7. The molecule has 2 atom stereocenters. The van der Waals surface area contributed by atoms with Crippen LogP contribution in [0.15, 0.2) is 72.9 Å². The van der Waals surface area contributed by atoms with Gasteiger partial charge in [0.25, 0.3) is 0 Å². The van der Waals surface area contributed by atoms with E-state index in [0.29, 0.717) is 6.42 Å². The van der Waals surface area contributed by atoms with Gasteiger partial charge < -0.3 is 28.6 Å². The number of likely N-dealkylation sites (N-methyl/N-ethyl adjacent to an activating group) is 1. The van der Waals surface area contributed by atoms with Crippen molar-refractivity contribution in [2.24, 2.45) is 0 Å². The summed E-state index contributed by atoms with van der Waals surface area (Å²) in [5, 5.41) is 11.6. The number of hydrogen-bond donors (Lipinski definition) is 0. The lowest BCUT2D eigenvalue weighted by Gasteiger charge is -2.34. The number of carbonyl (C=O) groups is 3. The smallest absolute Gasteiger partial charge is 0.306 e. The molecule has 0 aliphatic rings. The highest BCUT2D eigenvalue weighted by molar-refractivity contribution is 5.70. The molecule has 0 radical (unpaired) electrons. The molecule has 0 aromatic rings. The SMILES string of the molecule is CC/C=C/C/C=C/C/C=C/C/C=C/C/C=C/CCCCCCC(=O)OC(COCCC(C(=O)[O-])[N+](C)(C)C)COC(=O)CCCCCCCCC/C=C/CCCCCC. The summed E-state index contributed by atoms with van der Waals surface area (Å²) in [6, 6.07) is -0.734. The number of esters is 2. The number of unbranched alkanes of at least 4 members (excludes halogenated alkanes) is 15. The van der Waals surface area contributed by atoms with Gasteiger partial charge in [0.15, 0.2) is 6.10 Å². The Morgan fingerprint density at radius 3 is 1.42 bits per heavy atom. The second-order valence-corrected chi connectivity index (χ2v) is 16.6. The number of carbonyl (C=O) groups excluding carboxylic acids is 3. The first-order valence-electron chi connectivity index (χ1n) is 23.5. The minimum atomic E-state index is -1.13. The Morgan fingerprint density at radius 1 is 0.525 bits per heavy atom. The number of ether oxygens (including phenoxy) is 3. The molecule has 0 rings (SSSR count). The van der Waals surface area contributed by atoms with Crippen LogP contribution < -0.4 is 5.11 Å². The van der Waals surface area contributed by atoms with Crippen LogP contribution in [0.3, 0.4) is 0 Å². The van der Waals surface area contributed by atoms with Crippen LogP contribution in [0.1, 0.15) is 181 Å². The topological polar surface area (TPSA) is 102 Å². The number of allylic oxidation sites excluding steroid dienone is 12. The molecule has 0 saturated carbocycles. The monoisotopic (exact) mass is 826 g/mol. The highest BCUT2D eigenvalue weighted by Gasteiger charge is 2.25. The van der Waals surface area contributed by atoms with Gasteiger partial charge in [0.1, 0.15) is 12.6 Å². The Hall–Kier alpha value is -3.23. The van der Waals surface area contributed by atoms with Crippen molar-refractivity contribution >= 4 is 17.9 Å². The maximum atomic E-state index is 12.7. The second kappa shape index (κ2) is 41.5. The zero-order valence-corrected chi connectivity index (χ0v) is 38.4. The van der Waals surface area contributed by atoms with Crippen molar-refractivity contribution in [3.05, 3.63) is 72.9 Å². The third-order valence-electron chi connectivity index (χ3n) is 10.1. The molecule has 0 heterocycles. The first-order valence-corrected chi connectivity index (χ1v) is 23.5. The summed E-state index contributed by atoms with van der Waals surface area (Å²) in [5.74, 6) is -1.78. The molecule has 8 heteroatoms. The molecule has 0 aliphatic carbocycles. The van der Waals surface area contributed by atoms with Crippen molar-refractivity contribution in [1.82, 2.24) is 0 Å². The van der Waals surface area contributed by atoms with Crippen LogP contribution in [-0.4, -0.2) is 75.5 Å². The third kappa shape index (κ3) is 40.0. The van der Waals surface area contributed by atoms with Gasteiger partial charge >= 0.3 is 11.9 Å². The molecule has 0 aromatic heterocycles. The number of carboxylic acids is 1. The molecule has 0 bridgehead atoms. The zero-order chi connectivity index (χ0) is 43.5. The standard InChI is InChI=1S/C51H87NO7/c1-6-8-10-12-14-16-18-20-22-23-24-25-26-28-30-32-34-36-38-40-42-50(54)59-47(45-57-44-43-48(51(55)56)52(3,4)5)46-58-49(53)41-39-37-35-33-31-29-27-21-19-17-15-13-11-9-7-2/h8,10,14,16-17,19-20,22,24-25,28,30,47-48H,6-7,9,11-13,15,18,21,23,26-27,29,31-46H2,1-5H3/b10-8+,16-14+,19-17+,22-20+,25-24+,30-28+. The fourth-order valence-corrected chi connectivity index (χ4v) is 6.44. The van der Waals surface area contributed by atoms with Crippen molar-refractivity contribution in [1.29, 1.82) is 0 Å². The molecule has 2 unspecified atom stereocenters. The highest BCUT2D eigenvalue weighted by Crippen LogP contribution is 2.13. The van der Waals surface area contributed by atoms with Crippen LogP contribution >= 0.6 is 0 Å². The summed E-state index contributed by atoms with van der Waals surface area (Å²) in [7, 11) is 5.39. The van der Waals surface area contributed by atoms with Crippen LogP contribution in [0.5, 0.6) is 0 Å². The maximum absolute atomic E-state index is 12.7. The summed E-state index contributed by atoms with van der Waals surface area (Å²) < 4.78 is 17.2. The van der Waals surface area contributed by atoms with Gasteiger partial charge in [-0.15, -0.1) is 0 Å². The molecular weight excluding hydrogens is 739 g/mol. The maximum Gasteiger partial charge on any atom is 0.306 e. The van der Waals surface area contributed by atoms with E-state index in [2.05, 4.69) is 86.8 Å². The molecule has 0 fully saturated rings. The van der Waals surface area contributed by atoms with E-state index in [9.17, 15) is 19.5 Å². The van der Waals surface area contributed by atoms with Crippen LogP contribution in [0, 0.1) is 0 Å². The van der Waals surface area contributed by atoms with E-state index >= 15 is 0 Å². The predicted octanol–water partition coefficient (Wildman–Crippen LogP) is 11.8. The summed E-state index contributed by atoms with van der Waals surface area (Å²) in [5.41, 5.74) is 0. The van der Waals surface area contributed by atoms with Crippen LogP contribution in [0.2, 0.25) is 0 Å². The minimum absolute atomic E-state index is 0.0257. The zero-order valence-electron chi connectivity index (χ0n) is 38.4. The van der Waals surface area contributed by atoms with Crippen molar-refractivity contribution in [2.45, 2.75) is 193 Å². The van der Waals surface area contributed by atoms with Gasteiger partial charge in [0.05, 0.1) is 40.3 Å². The Bertz CT molecular complexity index is 1190. The second-order valence-electron chi connectivity index (χ2n) is 16.6. The third-order valence-corrected chi connectivity index (χ3v) is 10.1. The van der Waals surface area contributed by atoms with E-state index in [1.807, 2.05) is 0 Å². The van der Waals surface area contributed by atoms with Gasteiger partial charge in [-0.05, 0) is 83.5 Å². The number of hydrogen-bond acceptors (Lipinski definition) is 7. The van der Waals surface area contributed by atoms with Gasteiger partial charge in [-0.2, -0.15) is 0 Å². The molecule has 0 amide bonds. The minimum Gasteiger partial charge on any atom is -0.544 e. The Labute approximate surface area is 361 Å². The van der Waals surface area contributed by atoms with Crippen molar-refractivity contribution in [3.8, 4) is 0 Å². The number of aliphatic carboxylic acids is 1. The van der Waals surface area contributed by atoms with Gasteiger partial charge in [-0.25, -0.2) is 0 Å². The average molecular weight is 826 g/mol. The van der Waals surface area contributed by atoms with Crippen LogP contribution in [0.4, 0.5) is 0 Å². The summed E-state index contributed by atoms with van der Waals surface area (Å²) in [6.45, 7) is 4.50. The van der Waals surface area contributed by atoms with E-state index in [0.717, 1.165) is 83.5 Å². The number of quaternary nitrogens is 1. The molecule has 0 saturated heterocycles. The largest absolute Gasteiger partial charge is 0.544 e. The lowest BCUT2D eigenvalue weighted by molar-refractivity contribution is -0.889. The number of carboxylic acid groups (broad SMARTS) is 1. The van der Waals surface area contributed by atoms with E-state index in [-0.39, 0.29) is 49.1 Å². The average Bonchev–Trinajstić information content (AvgIpc) is 3.19. The fourth-order valence-electron chi connectivity index (χ4n) is 6.44. The molecule has 338 valence electrons. The normalized spacial score (nSPS) is 13.6. The Kier molecular flexibility index (Phi) is 39.2. The molecule has 8 nitrogen and oxygen atoms in total. The molecule has 0 spiro atoms. The first kappa shape index (κ1) is 55.8. The lowest BCUT2D eigenvalue weighted by atomic mass is 10.1. The first-order chi connectivity index (χ1) is 28.6. The fraction of sp³-hybridized carbons (Fsp3) is 0.706. The summed E-state index contributed by atoms with van der Waals surface area (Å²) in [6.07, 6.45) is 52.1. The van der Waals surface area contributed by atoms with Crippen molar-refractivity contribution in [2.75, 3.05) is 41.0 Å². The van der Waals surface area contributed by atoms with Crippen molar-refractivity contribution < 1.29 is 38.2 Å². The number of nitrogens with zero attached hydrogens (tertiary/aromatic N) is 1. The van der Waals surface area contributed by atoms with E-state index in [4.69, 9.17) is 14.2 Å². The van der Waals surface area contributed by atoms with E-state index < -0.39 is 18.1 Å². The Balaban J connectivity index is 4.38. The quantitative estimate of drug-likeness (QED) is 0.0262. The van der Waals surface area contributed by atoms with Gasteiger partial charge in [0.2, 0.25) is 0 Å². The lowest BCUT2D eigenvalue weighted by Crippen LogP contribution is -2.55. The molecule has 59 heavy (non-hydrogen) atoms. The highest BCUT2D eigenvalue weighted by atomic mass is 16.6. The van der Waals surface area contributed by atoms with Crippen LogP contribution in [0.25, 0.3) is 0 Å². The van der Waals surface area contributed by atoms with Crippen LogP contribution in [-0.2, 0) is 28.6 Å².